The van der Waals surface area contributed by atoms with Crippen LogP contribution < -0.4 is 0 Å². The van der Waals surface area contributed by atoms with Crippen LogP contribution in [0.15, 0.2) is 11.5 Å². The molecule has 106 valence electrons. The van der Waals surface area contributed by atoms with Crippen LogP contribution in [0, 0.1) is 0 Å². The van der Waals surface area contributed by atoms with E-state index in [4.69, 9.17) is 14.2 Å². The van der Waals surface area contributed by atoms with Gasteiger partial charge in [0.25, 0.3) is 0 Å². The molecule has 4 nitrogen and oxygen atoms in total. The number of thiol groups is 1. The minimum atomic E-state index is -0.516. The van der Waals surface area contributed by atoms with Crippen molar-refractivity contribution < 1.29 is 19.0 Å². The van der Waals surface area contributed by atoms with Crippen molar-refractivity contribution in [1.82, 2.24) is 0 Å². The van der Waals surface area contributed by atoms with Crippen molar-refractivity contribution in [2.75, 3.05) is 13.2 Å². The normalized spacial score (nSPS) is 15.8. The van der Waals surface area contributed by atoms with Gasteiger partial charge in [0.15, 0.2) is 0 Å². The van der Waals surface area contributed by atoms with E-state index < -0.39 is 5.97 Å². The molecular formula is C13H24O4S. The molecule has 0 saturated carbocycles. The number of carbonyl (C=O) groups excluding carboxylic acids is 1. The summed E-state index contributed by atoms with van der Waals surface area (Å²) in [5, 5.41) is 0. The Labute approximate surface area is 115 Å². The molecule has 0 aliphatic heterocycles. The molecule has 0 amide bonds. The Morgan fingerprint density at radius 1 is 1.11 bits per heavy atom. The van der Waals surface area contributed by atoms with E-state index in [0.717, 1.165) is 6.42 Å². The summed E-state index contributed by atoms with van der Waals surface area (Å²) in [6.07, 6.45) is 0.857. The maximum atomic E-state index is 11.2. The lowest BCUT2D eigenvalue weighted by atomic mass is 10.3. The van der Waals surface area contributed by atoms with Gasteiger partial charge in [0.05, 0.1) is 30.3 Å². The van der Waals surface area contributed by atoms with E-state index in [1.807, 2.05) is 13.8 Å². The van der Waals surface area contributed by atoms with Crippen LogP contribution in [0.3, 0.4) is 0 Å². The zero-order valence-electron chi connectivity index (χ0n) is 11.6. The van der Waals surface area contributed by atoms with Gasteiger partial charge in [-0.25, -0.2) is 4.79 Å². The topological polar surface area (TPSA) is 44.8 Å². The van der Waals surface area contributed by atoms with Crippen molar-refractivity contribution in [3.05, 3.63) is 11.5 Å². The second-order valence-corrected chi connectivity index (χ2v) is 4.90. The predicted octanol–water partition coefficient (Wildman–Crippen LogP) is 2.58. The fourth-order valence-corrected chi connectivity index (χ4v) is 1.10. The molecule has 0 rings (SSSR count). The third-order valence-electron chi connectivity index (χ3n) is 2.35. The van der Waals surface area contributed by atoms with Crippen molar-refractivity contribution >= 4 is 18.6 Å². The summed E-state index contributed by atoms with van der Waals surface area (Å²) in [4.78, 5) is 11.3. The van der Waals surface area contributed by atoms with Crippen molar-refractivity contribution in [3.8, 4) is 0 Å². The van der Waals surface area contributed by atoms with Gasteiger partial charge in [-0.05, 0) is 27.2 Å². The van der Waals surface area contributed by atoms with E-state index >= 15 is 0 Å². The lowest BCUT2D eigenvalue weighted by Gasteiger charge is -2.19. The first kappa shape index (κ1) is 17.5. The van der Waals surface area contributed by atoms with E-state index in [1.54, 1.807) is 6.92 Å². The lowest BCUT2D eigenvalue weighted by molar-refractivity contribution is -0.147. The highest BCUT2D eigenvalue weighted by atomic mass is 32.1. The molecular weight excluding hydrogens is 252 g/mol. The predicted molar refractivity (Wildman–Crippen MR) is 74.8 cm³/mol. The second-order valence-electron chi connectivity index (χ2n) is 4.36. The standard InChI is InChI=1S/C13H24O4S/c1-6-9(2)15-7-10(3)16-8-11(4)17-13(14)12(5)18/h9-11,18H,5-8H2,1-4H3. The van der Waals surface area contributed by atoms with Gasteiger partial charge in [0, 0.05) is 0 Å². The zero-order valence-corrected chi connectivity index (χ0v) is 12.5. The van der Waals surface area contributed by atoms with E-state index in [2.05, 4.69) is 26.1 Å². The highest BCUT2D eigenvalue weighted by Gasteiger charge is 2.13. The fraction of sp³-hybridized carbons (Fsp3) is 0.769. The smallest absolute Gasteiger partial charge is 0.344 e. The van der Waals surface area contributed by atoms with Crippen molar-refractivity contribution in [3.63, 3.8) is 0 Å². The lowest BCUT2D eigenvalue weighted by Crippen LogP contribution is -2.26. The van der Waals surface area contributed by atoms with Crippen LogP contribution in [0.1, 0.15) is 34.1 Å². The van der Waals surface area contributed by atoms with Gasteiger partial charge in [0.2, 0.25) is 0 Å². The van der Waals surface area contributed by atoms with Crippen LogP contribution in [0.2, 0.25) is 0 Å². The Balaban J connectivity index is 3.74. The SMILES string of the molecule is C=C(S)C(=O)OC(C)COC(C)COC(C)CC. The van der Waals surface area contributed by atoms with Crippen LogP contribution in [0.5, 0.6) is 0 Å². The van der Waals surface area contributed by atoms with Crippen molar-refractivity contribution in [1.29, 1.82) is 0 Å². The number of esters is 1. The molecule has 0 fully saturated rings. The zero-order chi connectivity index (χ0) is 14.1. The maximum absolute atomic E-state index is 11.2. The molecule has 0 aromatic carbocycles. The Bertz CT molecular complexity index is 268. The largest absolute Gasteiger partial charge is 0.456 e. The highest BCUT2D eigenvalue weighted by Crippen LogP contribution is 2.05. The van der Waals surface area contributed by atoms with E-state index in [-0.39, 0.29) is 23.2 Å². The van der Waals surface area contributed by atoms with Crippen molar-refractivity contribution in [2.45, 2.75) is 52.4 Å². The van der Waals surface area contributed by atoms with Crippen LogP contribution in [0.25, 0.3) is 0 Å². The van der Waals surface area contributed by atoms with Crippen molar-refractivity contribution in [2.24, 2.45) is 0 Å². The number of hydrogen-bond donors (Lipinski definition) is 1. The van der Waals surface area contributed by atoms with Crippen LogP contribution in [-0.2, 0) is 19.0 Å². The van der Waals surface area contributed by atoms with Gasteiger partial charge in [0.1, 0.15) is 6.10 Å². The molecule has 0 aliphatic carbocycles. The minimum Gasteiger partial charge on any atom is -0.456 e. The minimum absolute atomic E-state index is 0.0284. The number of carbonyl (C=O) groups is 1. The molecule has 0 aromatic rings. The summed E-state index contributed by atoms with van der Waals surface area (Å²) < 4.78 is 16.1. The molecule has 0 radical (unpaired) electrons. The first-order valence-corrected chi connectivity index (χ1v) is 6.63. The van der Waals surface area contributed by atoms with E-state index in [9.17, 15) is 4.79 Å². The Hall–Kier alpha value is -0.520. The molecule has 0 spiro atoms. The number of hydrogen-bond acceptors (Lipinski definition) is 5. The summed E-state index contributed by atoms with van der Waals surface area (Å²) in [7, 11) is 0. The Kier molecular flexibility index (Phi) is 9.14. The molecule has 18 heavy (non-hydrogen) atoms. The Morgan fingerprint density at radius 2 is 1.61 bits per heavy atom. The van der Waals surface area contributed by atoms with Gasteiger partial charge in [-0.2, -0.15) is 0 Å². The van der Waals surface area contributed by atoms with Gasteiger partial charge in [-0.15, -0.1) is 12.6 Å². The third kappa shape index (κ3) is 8.55. The quantitative estimate of drug-likeness (QED) is 0.399. The molecule has 3 unspecified atom stereocenters. The van der Waals surface area contributed by atoms with Crippen LogP contribution in [-0.4, -0.2) is 37.5 Å². The molecule has 0 bridgehead atoms. The summed E-state index contributed by atoms with van der Waals surface area (Å²) in [6.45, 7) is 12.0. The summed E-state index contributed by atoms with van der Waals surface area (Å²) in [6, 6.07) is 0. The second kappa shape index (κ2) is 9.42. The summed E-state index contributed by atoms with van der Waals surface area (Å²) in [5.41, 5.74) is 0. The third-order valence-corrected chi connectivity index (χ3v) is 2.53. The number of rotatable bonds is 9. The van der Waals surface area contributed by atoms with Gasteiger partial charge in [-0.3, -0.25) is 0 Å². The Morgan fingerprint density at radius 3 is 2.11 bits per heavy atom. The summed E-state index contributed by atoms with van der Waals surface area (Å²) in [5.74, 6) is -0.516. The average molecular weight is 276 g/mol. The van der Waals surface area contributed by atoms with Crippen LogP contribution in [0.4, 0.5) is 0 Å². The molecule has 3 atom stereocenters. The van der Waals surface area contributed by atoms with Crippen LogP contribution >= 0.6 is 12.6 Å². The monoisotopic (exact) mass is 276 g/mol. The molecule has 0 aromatic heterocycles. The highest BCUT2D eigenvalue weighted by molar-refractivity contribution is 7.85. The molecule has 0 saturated heterocycles. The van der Waals surface area contributed by atoms with Gasteiger partial charge in [-0.1, -0.05) is 13.5 Å². The fourth-order valence-electron chi connectivity index (χ4n) is 1.05. The molecule has 0 aliphatic rings. The van der Waals surface area contributed by atoms with E-state index in [1.165, 1.54) is 0 Å². The first-order valence-electron chi connectivity index (χ1n) is 6.18. The molecule has 0 heterocycles. The van der Waals surface area contributed by atoms with E-state index in [0.29, 0.717) is 13.2 Å². The first-order chi connectivity index (χ1) is 8.36. The number of ether oxygens (including phenoxy) is 3. The van der Waals surface area contributed by atoms with Gasteiger partial charge < -0.3 is 14.2 Å². The summed E-state index contributed by atoms with van der Waals surface area (Å²) >= 11 is 3.81. The van der Waals surface area contributed by atoms with Gasteiger partial charge >= 0.3 is 5.97 Å². The maximum Gasteiger partial charge on any atom is 0.344 e. The average Bonchev–Trinajstić information content (AvgIpc) is 2.32. The molecule has 5 heteroatoms. The molecule has 0 N–H and O–H groups in total.